The molecular weight excluding hydrogens is 116 g/mol. The lowest BCUT2D eigenvalue weighted by molar-refractivity contribution is -0.120. The molecular formula is C7H8O2. The predicted molar refractivity (Wildman–Crippen MR) is 31.8 cm³/mol. The quantitative estimate of drug-likeness (QED) is 0.539. The van der Waals surface area contributed by atoms with Gasteiger partial charge in [0.2, 0.25) is 0 Å². The molecule has 0 saturated heterocycles. The van der Waals surface area contributed by atoms with E-state index < -0.39 is 0 Å². The number of aliphatic hydroxyl groups is 1. The zero-order valence-corrected chi connectivity index (χ0v) is 5.00. The minimum Gasteiger partial charge on any atom is -0.395 e. The van der Waals surface area contributed by atoms with Crippen LogP contribution in [0.15, 0.2) is 12.2 Å². The van der Waals surface area contributed by atoms with Crippen LogP contribution in [0, 0.1) is 11.3 Å². The number of rotatable bonds is 1. The summed E-state index contributed by atoms with van der Waals surface area (Å²) < 4.78 is 0. The van der Waals surface area contributed by atoms with Crippen molar-refractivity contribution in [1.29, 1.82) is 0 Å². The van der Waals surface area contributed by atoms with Gasteiger partial charge in [0, 0.05) is 0 Å². The van der Waals surface area contributed by atoms with Crippen LogP contribution >= 0.6 is 0 Å². The molecule has 0 radical (unpaired) electrons. The first-order chi connectivity index (χ1) is 4.29. The molecule has 2 heteroatoms. The van der Waals surface area contributed by atoms with E-state index >= 15 is 0 Å². The lowest BCUT2D eigenvalue weighted by Gasteiger charge is -2.02. The van der Waals surface area contributed by atoms with Gasteiger partial charge in [0.05, 0.1) is 12.0 Å². The molecule has 0 aromatic heterocycles. The third kappa shape index (κ3) is 0.425. The van der Waals surface area contributed by atoms with Crippen LogP contribution in [-0.2, 0) is 4.79 Å². The van der Waals surface area contributed by atoms with E-state index in [1.807, 2.05) is 6.08 Å². The summed E-state index contributed by atoms with van der Waals surface area (Å²) >= 11 is 0. The molecule has 0 bridgehead atoms. The topological polar surface area (TPSA) is 37.3 Å². The molecule has 0 aromatic carbocycles. The number of hydrogen-bond acceptors (Lipinski definition) is 2. The molecule has 0 amide bonds. The van der Waals surface area contributed by atoms with Gasteiger partial charge in [-0.1, -0.05) is 6.08 Å². The van der Waals surface area contributed by atoms with Gasteiger partial charge in [-0.25, -0.2) is 0 Å². The van der Waals surface area contributed by atoms with Gasteiger partial charge in [-0.05, 0) is 18.4 Å². The molecule has 0 unspecified atom stereocenters. The summed E-state index contributed by atoms with van der Waals surface area (Å²) in [4.78, 5) is 10.9. The Morgan fingerprint density at radius 3 is 2.89 bits per heavy atom. The van der Waals surface area contributed by atoms with E-state index in [2.05, 4.69) is 0 Å². The van der Waals surface area contributed by atoms with E-state index in [1.54, 1.807) is 6.08 Å². The second kappa shape index (κ2) is 1.27. The van der Waals surface area contributed by atoms with Crippen molar-refractivity contribution in [2.24, 2.45) is 11.3 Å². The maximum absolute atomic E-state index is 10.9. The van der Waals surface area contributed by atoms with E-state index in [9.17, 15) is 4.79 Å². The first-order valence-corrected chi connectivity index (χ1v) is 3.13. The summed E-state index contributed by atoms with van der Waals surface area (Å²) in [7, 11) is 0. The highest BCUT2D eigenvalue weighted by molar-refractivity contribution is 6.00. The van der Waals surface area contributed by atoms with Crippen molar-refractivity contribution in [2.75, 3.05) is 6.61 Å². The smallest absolute Gasteiger partial charge is 0.164 e. The standard InChI is InChI=1S/C7H8O2/c8-4-7-3-5(7)1-2-6(7)9/h1-2,5,8H,3-4H2/t5-,7-/m0/s1. The van der Waals surface area contributed by atoms with Gasteiger partial charge < -0.3 is 5.11 Å². The largest absolute Gasteiger partial charge is 0.395 e. The number of fused-ring (bicyclic) bond motifs is 1. The third-order valence-electron chi connectivity index (χ3n) is 2.39. The normalized spacial score (nSPS) is 45.4. The van der Waals surface area contributed by atoms with Gasteiger partial charge in [-0.2, -0.15) is 0 Å². The molecule has 2 rings (SSSR count). The van der Waals surface area contributed by atoms with Crippen LogP contribution in [0.3, 0.4) is 0 Å². The molecule has 1 N–H and O–H groups in total. The highest BCUT2D eigenvalue weighted by atomic mass is 16.3. The van der Waals surface area contributed by atoms with Crippen molar-refractivity contribution < 1.29 is 9.90 Å². The summed E-state index contributed by atoms with van der Waals surface area (Å²) in [5, 5.41) is 8.78. The third-order valence-corrected chi connectivity index (χ3v) is 2.39. The summed E-state index contributed by atoms with van der Waals surface area (Å²) in [6.45, 7) is 0.0312. The average molecular weight is 124 g/mol. The molecule has 0 aromatic rings. The van der Waals surface area contributed by atoms with Crippen LogP contribution in [-0.4, -0.2) is 17.5 Å². The van der Waals surface area contributed by atoms with E-state index in [0.29, 0.717) is 5.92 Å². The van der Waals surface area contributed by atoms with Crippen molar-refractivity contribution in [2.45, 2.75) is 6.42 Å². The molecule has 2 nitrogen and oxygen atoms in total. The number of allylic oxidation sites excluding steroid dienone is 2. The molecule has 2 aliphatic carbocycles. The van der Waals surface area contributed by atoms with Crippen LogP contribution in [0.25, 0.3) is 0 Å². The Kier molecular flexibility index (Phi) is 0.728. The van der Waals surface area contributed by atoms with Gasteiger partial charge in [-0.15, -0.1) is 0 Å². The van der Waals surface area contributed by atoms with Gasteiger partial charge in [-0.3, -0.25) is 4.79 Å². The van der Waals surface area contributed by atoms with Gasteiger partial charge in [0.1, 0.15) is 0 Å². The zero-order valence-electron chi connectivity index (χ0n) is 5.00. The van der Waals surface area contributed by atoms with Crippen molar-refractivity contribution in [3.63, 3.8) is 0 Å². The Hall–Kier alpha value is -0.630. The highest BCUT2D eigenvalue weighted by Crippen LogP contribution is 2.57. The van der Waals surface area contributed by atoms with Gasteiger partial charge >= 0.3 is 0 Å². The van der Waals surface area contributed by atoms with Crippen LogP contribution < -0.4 is 0 Å². The van der Waals surface area contributed by atoms with Crippen molar-refractivity contribution in [3.05, 3.63) is 12.2 Å². The van der Waals surface area contributed by atoms with Gasteiger partial charge in [0.15, 0.2) is 5.78 Å². The maximum atomic E-state index is 10.9. The van der Waals surface area contributed by atoms with Crippen molar-refractivity contribution >= 4 is 5.78 Å². The summed E-state index contributed by atoms with van der Waals surface area (Å²) in [5.41, 5.74) is -0.333. The number of hydrogen-bond donors (Lipinski definition) is 1. The average Bonchev–Trinajstić information content (AvgIpc) is 2.52. The van der Waals surface area contributed by atoms with Crippen molar-refractivity contribution in [1.82, 2.24) is 0 Å². The molecule has 0 aliphatic heterocycles. The highest BCUT2D eigenvalue weighted by Gasteiger charge is 2.59. The monoisotopic (exact) mass is 124 g/mol. The van der Waals surface area contributed by atoms with E-state index in [0.717, 1.165) is 6.42 Å². The Labute approximate surface area is 53.2 Å². The number of aliphatic hydroxyl groups excluding tert-OH is 1. The molecule has 48 valence electrons. The van der Waals surface area contributed by atoms with Crippen LogP contribution in [0.4, 0.5) is 0 Å². The first-order valence-electron chi connectivity index (χ1n) is 3.13. The van der Waals surface area contributed by atoms with Crippen LogP contribution in [0.5, 0.6) is 0 Å². The summed E-state index contributed by atoms with van der Waals surface area (Å²) in [6.07, 6.45) is 4.36. The minimum atomic E-state index is -0.333. The molecule has 0 spiro atoms. The maximum Gasteiger partial charge on any atom is 0.164 e. The minimum absolute atomic E-state index is 0.0312. The SMILES string of the molecule is O=C1C=C[C@H]2C[C@@]12CO. The Morgan fingerprint density at radius 2 is 2.67 bits per heavy atom. The Bertz CT molecular complexity index is 195. The summed E-state index contributed by atoms with van der Waals surface area (Å²) in [5.74, 6) is 0.491. The molecule has 2 atom stereocenters. The van der Waals surface area contributed by atoms with Crippen molar-refractivity contribution in [3.8, 4) is 0 Å². The molecule has 0 heterocycles. The fourth-order valence-electron chi connectivity index (χ4n) is 1.50. The van der Waals surface area contributed by atoms with E-state index in [-0.39, 0.29) is 17.8 Å². The van der Waals surface area contributed by atoms with Crippen LogP contribution in [0.2, 0.25) is 0 Å². The summed E-state index contributed by atoms with van der Waals surface area (Å²) in [6, 6.07) is 0. The lowest BCUT2D eigenvalue weighted by Crippen LogP contribution is -2.16. The second-order valence-electron chi connectivity index (χ2n) is 2.85. The molecule has 2 aliphatic rings. The molecule has 1 saturated carbocycles. The Balaban J connectivity index is 2.30. The van der Waals surface area contributed by atoms with Crippen LogP contribution in [0.1, 0.15) is 6.42 Å². The fourth-order valence-corrected chi connectivity index (χ4v) is 1.50. The predicted octanol–water partition coefficient (Wildman–Crippen LogP) is 0.124. The zero-order chi connectivity index (χ0) is 6.48. The number of carbonyl (C=O) groups excluding carboxylic acids is 1. The first kappa shape index (κ1) is 5.18. The van der Waals surface area contributed by atoms with E-state index in [4.69, 9.17) is 5.11 Å². The Morgan fingerprint density at radius 1 is 1.89 bits per heavy atom. The van der Waals surface area contributed by atoms with E-state index in [1.165, 1.54) is 0 Å². The number of ketones is 1. The second-order valence-corrected chi connectivity index (χ2v) is 2.85. The van der Waals surface area contributed by atoms with Gasteiger partial charge in [0.25, 0.3) is 0 Å². The molecule has 9 heavy (non-hydrogen) atoms. The fraction of sp³-hybridized carbons (Fsp3) is 0.571. The molecule has 1 fully saturated rings. The number of carbonyl (C=O) groups is 1. The lowest BCUT2D eigenvalue weighted by atomic mass is 10.0.